The van der Waals surface area contributed by atoms with Crippen molar-refractivity contribution in [1.82, 2.24) is 9.78 Å². The second kappa shape index (κ2) is 5.88. The topological polar surface area (TPSA) is 101 Å². The average molecular weight is 362 g/mol. The second-order valence-corrected chi connectivity index (χ2v) is 4.84. The number of nitrogens with two attached hydrogens (primary N) is 1. The number of hydrogen-bond donors (Lipinski definition) is 1. The Labute approximate surface area is 137 Å². The Morgan fingerprint density at radius 2 is 1.74 bits per heavy atom. The second-order valence-electron chi connectivity index (χ2n) is 4.03. The average Bonchev–Trinajstić information content (AvgIpc) is 2.72. The number of rotatable bonds is 2. The van der Waals surface area contributed by atoms with Gasteiger partial charge < -0.3 is 10.5 Å². The van der Waals surface area contributed by atoms with Crippen LogP contribution < -0.4 is 10.5 Å². The summed E-state index contributed by atoms with van der Waals surface area (Å²) in [5.74, 6) is -0.861. The fourth-order valence-corrected chi connectivity index (χ4v) is 2.35. The lowest BCUT2D eigenvalue weighted by molar-refractivity contribution is -0.274. The van der Waals surface area contributed by atoms with Crippen molar-refractivity contribution < 1.29 is 17.9 Å². The molecule has 0 radical (unpaired) electrons. The number of halogens is 5. The summed E-state index contributed by atoms with van der Waals surface area (Å²) in [6.45, 7) is 0. The molecule has 11 heteroatoms. The minimum Gasteiger partial charge on any atom is -0.406 e. The van der Waals surface area contributed by atoms with Crippen LogP contribution in [0.1, 0.15) is 11.3 Å². The summed E-state index contributed by atoms with van der Waals surface area (Å²) in [5, 5.41) is 21.1. The van der Waals surface area contributed by atoms with Crippen LogP contribution in [0.15, 0.2) is 12.1 Å². The summed E-state index contributed by atoms with van der Waals surface area (Å²) in [6, 6.07) is 5.07. The number of nitriles is 2. The summed E-state index contributed by atoms with van der Waals surface area (Å²) < 4.78 is 41.3. The molecule has 0 spiro atoms. The van der Waals surface area contributed by atoms with Crippen LogP contribution in [-0.2, 0) is 0 Å². The van der Waals surface area contributed by atoms with Gasteiger partial charge in [-0.3, -0.25) is 0 Å². The molecule has 2 rings (SSSR count). The van der Waals surface area contributed by atoms with Crippen molar-refractivity contribution in [1.29, 1.82) is 10.5 Å². The minimum atomic E-state index is -4.92. The molecule has 0 saturated heterocycles. The first-order chi connectivity index (χ1) is 10.7. The van der Waals surface area contributed by atoms with Crippen molar-refractivity contribution >= 4 is 29.0 Å². The van der Waals surface area contributed by atoms with Crippen molar-refractivity contribution in [2.45, 2.75) is 6.36 Å². The quantitative estimate of drug-likeness (QED) is 0.883. The monoisotopic (exact) mass is 361 g/mol. The van der Waals surface area contributed by atoms with E-state index in [2.05, 4.69) is 9.84 Å². The maximum atomic E-state index is 12.2. The molecule has 1 heterocycles. The van der Waals surface area contributed by atoms with E-state index in [0.29, 0.717) is 0 Å². The van der Waals surface area contributed by atoms with Crippen molar-refractivity contribution in [3.63, 3.8) is 0 Å². The predicted octanol–water partition coefficient (Wildman–Crippen LogP) is 3.40. The largest absolute Gasteiger partial charge is 0.573 e. The van der Waals surface area contributed by atoms with Gasteiger partial charge in [0.25, 0.3) is 0 Å². The molecule has 0 unspecified atom stereocenters. The molecule has 0 fully saturated rings. The van der Waals surface area contributed by atoms with Crippen LogP contribution in [0.4, 0.5) is 19.0 Å². The lowest BCUT2D eigenvalue weighted by Crippen LogP contribution is -2.17. The molecule has 118 valence electrons. The normalized spacial score (nSPS) is 10.9. The number of hydrogen-bond acceptors (Lipinski definition) is 5. The van der Waals surface area contributed by atoms with Gasteiger partial charge in [-0.2, -0.15) is 15.6 Å². The minimum absolute atomic E-state index is 0.0849. The van der Waals surface area contributed by atoms with Crippen LogP contribution in [0.3, 0.4) is 0 Å². The highest BCUT2D eigenvalue weighted by Gasteiger charge is 2.32. The van der Waals surface area contributed by atoms with E-state index in [1.54, 1.807) is 12.1 Å². The molecular weight excluding hydrogens is 358 g/mol. The molecule has 0 aliphatic carbocycles. The summed E-state index contributed by atoms with van der Waals surface area (Å²) in [4.78, 5) is 0. The maximum absolute atomic E-state index is 12.2. The highest BCUT2D eigenvalue weighted by Crippen LogP contribution is 2.36. The standard InChI is InChI=1S/C12H4Cl2F3N5O/c13-7-1-5(23-12(15,16)17)2-8(14)10(7)22-11(20)6(3-18)9(4-19)21-22/h1-2H,20H2. The summed E-state index contributed by atoms with van der Waals surface area (Å²) in [5.41, 5.74) is 5.14. The molecule has 0 amide bonds. The van der Waals surface area contributed by atoms with Crippen LogP contribution in [-0.4, -0.2) is 16.1 Å². The third-order valence-electron chi connectivity index (χ3n) is 2.57. The number of alkyl halides is 3. The molecule has 2 N–H and O–H groups in total. The maximum Gasteiger partial charge on any atom is 0.573 e. The third-order valence-corrected chi connectivity index (χ3v) is 3.15. The SMILES string of the molecule is N#Cc1nn(-c2c(Cl)cc(OC(F)(F)F)cc2Cl)c(N)c1C#N. The molecule has 0 saturated carbocycles. The highest BCUT2D eigenvalue weighted by atomic mass is 35.5. The molecule has 0 atom stereocenters. The number of aromatic nitrogens is 2. The van der Waals surface area contributed by atoms with Gasteiger partial charge >= 0.3 is 6.36 Å². The zero-order chi connectivity index (χ0) is 17.4. The van der Waals surface area contributed by atoms with E-state index in [1.165, 1.54) is 0 Å². The Hall–Kier alpha value is -2.62. The lowest BCUT2D eigenvalue weighted by Gasteiger charge is -2.13. The molecule has 23 heavy (non-hydrogen) atoms. The van der Waals surface area contributed by atoms with Crippen LogP contribution in [0.5, 0.6) is 5.75 Å². The molecule has 6 nitrogen and oxygen atoms in total. The fourth-order valence-electron chi connectivity index (χ4n) is 1.73. The Morgan fingerprint density at radius 1 is 1.17 bits per heavy atom. The first-order valence-electron chi connectivity index (χ1n) is 5.61. The van der Waals surface area contributed by atoms with Crippen LogP contribution >= 0.6 is 23.2 Å². The molecule has 0 aliphatic heterocycles. The first-order valence-corrected chi connectivity index (χ1v) is 6.37. The van der Waals surface area contributed by atoms with Crippen molar-refractivity contribution in [3.8, 4) is 23.6 Å². The Balaban J connectivity index is 2.61. The molecule has 0 aliphatic rings. The molecular formula is C12H4Cl2F3N5O. The first kappa shape index (κ1) is 16.7. The Morgan fingerprint density at radius 3 is 2.13 bits per heavy atom. The van der Waals surface area contributed by atoms with E-state index < -0.39 is 12.1 Å². The number of ether oxygens (including phenoxy) is 1. The Bertz CT molecular complexity index is 840. The van der Waals surface area contributed by atoms with Gasteiger partial charge in [0.1, 0.15) is 35.0 Å². The van der Waals surface area contributed by atoms with Crippen LogP contribution in [0.2, 0.25) is 10.0 Å². The molecule has 0 bridgehead atoms. The highest BCUT2D eigenvalue weighted by molar-refractivity contribution is 6.38. The lowest BCUT2D eigenvalue weighted by atomic mass is 10.2. The summed E-state index contributed by atoms with van der Waals surface area (Å²) in [6.07, 6.45) is -4.92. The predicted molar refractivity (Wildman–Crippen MR) is 74.1 cm³/mol. The fraction of sp³-hybridized carbons (Fsp3) is 0.0833. The van der Waals surface area contributed by atoms with Gasteiger partial charge in [-0.05, 0) is 0 Å². The van der Waals surface area contributed by atoms with Gasteiger partial charge in [0.05, 0.1) is 10.0 Å². The van der Waals surface area contributed by atoms with Gasteiger partial charge in [-0.1, -0.05) is 23.2 Å². The van der Waals surface area contributed by atoms with E-state index in [9.17, 15) is 13.2 Å². The number of nitrogen functional groups attached to an aromatic ring is 1. The molecule has 1 aromatic heterocycles. The summed E-state index contributed by atoms with van der Waals surface area (Å²) in [7, 11) is 0. The zero-order valence-corrected chi connectivity index (χ0v) is 12.3. The third kappa shape index (κ3) is 3.26. The van der Waals surface area contributed by atoms with E-state index in [4.69, 9.17) is 39.5 Å². The van der Waals surface area contributed by atoms with E-state index >= 15 is 0 Å². The smallest absolute Gasteiger partial charge is 0.406 e. The van der Waals surface area contributed by atoms with E-state index in [1.807, 2.05) is 0 Å². The van der Waals surface area contributed by atoms with Gasteiger partial charge in [0.2, 0.25) is 0 Å². The van der Waals surface area contributed by atoms with Crippen LogP contribution in [0.25, 0.3) is 5.69 Å². The van der Waals surface area contributed by atoms with Gasteiger partial charge in [-0.15, -0.1) is 13.2 Å². The van der Waals surface area contributed by atoms with Gasteiger partial charge in [-0.25, -0.2) is 4.68 Å². The van der Waals surface area contributed by atoms with Crippen molar-refractivity contribution in [2.24, 2.45) is 0 Å². The van der Waals surface area contributed by atoms with Gasteiger partial charge in [0.15, 0.2) is 5.69 Å². The summed E-state index contributed by atoms with van der Waals surface area (Å²) >= 11 is 11.8. The van der Waals surface area contributed by atoms with Crippen molar-refractivity contribution in [2.75, 3.05) is 5.73 Å². The van der Waals surface area contributed by atoms with Crippen LogP contribution in [0, 0.1) is 22.7 Å². The molecule has 1 aromatic carbocycles. The Kier molecular flexibility index (Phi) is 4.28. The molecule has 2 aromatic rings. The van der Waals surface area contributed by atoms with Gasteiger partial charge in [0, 0.05) is 12.1 Å². The number of nitrogens with zero attached hydrogens (tertiary/aromatic N) is 4. The zero-order valence-electron chi connectivity index (χ0n) is 10.8. The number of benzene rings is 1. The van der Waals surface area contributed by atoms with E-state index in [-0.39, 0.29) is 32.8 Å². The van der Waals surface area contributed by atoms with E-state index in [0.717, 1.165) is 16.8 Å². The number of anilines is 1. The van der Waals surface area contributed by atoms with Crippen molar-refractivity contribution in [3.05, 3.63) is 33.4 Å².